The van der Waals surface area contributed by atoms with E-state index >= 15 is 0 Å². The summed E-state index contributed by atoms with van der Waals surface area (Å²) in [6.45, 7) is 1.91. The van der Waals surface area contributed by atoms with E-state index in [9.17, 15) is 0 Å². The van der Waals surface area contributed by atoms with Crippen molar-refractivity contribution in [1.82, 2.24) is 4.98 Å². The molecule has 0 spiro atoms. The monoisotopic (exact) mass is 326 g/mol. The number of pyridine rings is 1. The maximum Gasteiger partial charge on any atom is 0.219 e. The van der Waals surface area contributed by atoms with Crippen LogP contribution in [0.2, 0.25) is 5.02 Å². The fourth-order valence-corrected chi connectivity index (χ4v) is 1.89. The molecule has 2 aromatic rings. The molecule has 0 radical (unpaired) electrons. The minimum Gasteiger partial charge on any atom is -0.437 e. The Bertz CT molecular complexity index is 543. The van der Waals surface area contributed by atoms with Crippen molar-refractivity contribution in [3.05, 3.63) is 51.6 Å². The highest BCUT2D eigenvalue weighted by Gasteiger charge is 2.06. The van der Waals surface area contributed by atoms with Gasteiger partial charge in [-0.25, -0.2) is 4.98 Å². The van der Waals surface area contributed by atoms with Crippen LogP contribution < -0.4 is 10.5 Å². The molecule has 1 aromatic carbocycles. The molecule has 0 amide bonds. The summed E-state index contributed by atoms with van der Waals surface area (Å²) in [6.07, 6.45) is 1.70. The highest BCUT2D eigenvalue weighted by atomic mass is 79.9. The van der Waals surface area contributed by atoms with Crippen molar-refractivity contribution in [2.24, 2.45) is 5.73 Å². The highest BCUT2D eigenvalue weighted by molar-refractivity contribution is 9.10. The lowest BCUT2D eigenvalue weighted by atomic mass is 10.2. The van der Waals surface area contributed by atoms with E-state index < -0.39 is 0 Å². The topological polar surface area (TPSA) is 48.1 Å². The van der Waals surface area contributed by atoms with Gasteiger partial charge in [-0.3, -0.25) is 0 Å². The number of rotatable bonds is 3. The van der Waals surface area contributed by atoms with E-state index in [2.05, 4.69) is 20.9 Å². The lowest BCUT2D eigenvalue weighted by molar-refractivity contribution is 0.462. The summed E-state index contributed by atoms with van der Waals surface area (Å²) in [7, 11) is 0. The third-order valence-corrected chi connectivity index (χ3v) is 3.20. The fraction of sp³-hybridized carbons (Fsp3) is 0.154. The van der Waals surface area contributed by atoms with Crippen molar-refractivity contribution in [2.75, 3.05) is 0 Å². The van der Waals surface area contributed by atoms with Gasteiger partial charge in [0.15, 0.2) is 0 Å². The molecule has 0 aliphatic carbocycles. The van der Waals surface area contributed by atoms with Gasteiger partial charge in [0, 0.05) is 22.8 Å². The molecular formula is C13H12BrClN2O. The Kier molecular flexibility index (Phi) is 4.22. The van der Waals surface area contributed by atoms with Crippen molar-refractivity contribution in [3.63, 3.8) is 0 Å². The number of hydrogen-bond acceptors (Lipinski definition) is 3. The van der Waals surface area contributed by atoms with Crippen LogP contribution in [0.5, 0.6) is 11.6 Å². The van der Waals surface area contributed by atoms with E-state index in [0.29, 0.717) is 16.7 Å². The van der Waals surface area contributed by atoms with Crippen LogP contribution in [0.4, 0.5) is 0 Å². The summed E-state index contributed by atoms with van der Waals surface area (Å²) in [6, 6.07) is 9.03. The van der Waals surface area contributed by atoms with E-state index in [0.717, 1.165) is 10.0 Å². The molecule has 0 aliphatic heterocycles. The lowest BCUT2D eigenvalue weighted by Crippen LogP contribution is -2.05. The quantitative estimate of drug-likeness (QED) is 0.914. The number of halogens is 2. The van der Waals surface area contributed by atoms with E-state index in [1.807, 2.05) is 19.1 Å². The summed E-state index contributed by atoms with van der Waals surface area (Å²) >= 11 is 9.40. The molecule has 0 saturated heterocycles. The first-order valence-corrected chi connectivity index (χ1v) is 6.58. The summed E-state index contributed by atoms with van der Waals surface area (Å²) in [5.74, 6) is 1.05. The molecule has 0 saturated carbocycles. The average Bonchev–Trinajstić information content (AvgIpc) is 2.34. The standard InChI is InChI=1S/C13H12BrClN2O/c1-8(16)9-2-5-13(17-7-9)18-12-6-10(14)3-4-11(12)15/h2-8H,16H2,1H3/t8-/m0/s1. The zero-order valence-corrected chi connectivity index (χ0v) is 12.1. The second kappa shape index (κ2) is 5.69. The van der Waals surface area contributed by atoms with Crippen molar-refractivity contribution in [3.8, 4) is 11.6 Å². The van der Waals surface area contributed by atoms with Gasteiger partial charge < -0.3 is 10.5 Å². The van der Waals surface area contributed by atoms with Crippen LogP contribution in [0.1, 0.15) is 18.5 Å². The second-order valence-corrected chi connectivity index (χ2v) is 5.22. The van der Waals surface area contributed by atoms with Crippen LogP contribution >= 0.6 is 27.5 Å². The maximum atomic E-state index is 6.03. The Hall–Kier alpha value is -1.10. The Morgan fingerprint density at radius 1 is 1.33 bits per heavy atom. The molecule has 1 aromatic heterocycles. The molecule has 94 valence electrons. The van der Waals surface area contributed by atoms with Gasteiger partial charge in [-0.2, -0.15) is 0 Å². The van der Waals surface area contributed by atoms with Crippen molar-refractivity contribution in [1.29, 1.82) is 0 Å². The van der Waals surface area contributed by atoms with Crippen LogP contribution in [0.15, 0.2) is 41.0 Å². The minimum atomic E-state index is -0.0407. The van der Waals surface area contributed by atoms with E-state index in [1.54, 1.807) is 24.4 Å². The summed E-state index contributed by atoms with van der Waals surface area (Å²) < 4.78 is 6.51. The average molecular weight is 328 g/mol. The van der Waals surface area contributed by atoms with Gasteiger partial charge in [0.05, 0.1) is 5.02 Å². The molecule has 18 heavy (non-hydrogen) atoms. The normalized spacial score (nSPS) is 12.2. The molecule has 1 atom stereocenters. The molecule has 0 fully saturated rings. The lowest BCUT2D eigenvalue weighted by Gasteiger charge is -2.09. The van der Waals surface area contributed by atoms with Gasteiger partial charge in [0.25, 0.3) is 0 Å². The SMILES string of the molecule is C[C@H](N)c1ccc(Oc2cc(Br)ccc2Cl)nc1. The zero-order chi connectivity index (χ0) is 13.1. The minimum absolute atomic E-state index is 0.0407. The van der Waals surface area contributed by atoms with Crippen molar-refractivity contribution >= 4 is 27.5 Å². The van der Waals surface area contributed by atoms with Crippen LogP contribution in [-0.2, 0) is 0 Å². The van der Waals surface area contributed by atoms with Crippen LogP contribution in [0, 0.1) is 0 Å². The molecule has 5 heteroatoms. The van der Waals surface area contributed by atoms with E-state index in [1.165, 1.54) is 0 Å². The predicted molar refractivity (Wildman–Crippen MR) is 76.1 cm³/mol. The number of ether oxygens (including phenoxy) is 1. The number of aromatic nitrogens is 1. The van der Waals surface area contributed by atoms with Gasteiger partial charge in [0.1, 0.15) is 5.75 Å². The van der Waals surface area contributed by atoms with Crippen molar-refractivity contribution in [2.45, 2.75) is 13.0 Å². The van der Waals surface area contributed by atoms with Gasteiger partial charge >= 0.3 is 0 Å². The van der Waals surface area contributed by atoms with E-state index in [4.69, 9.17) is 22.1 Å². The Labute approximate surface area is 119 Å². The van der Waals surface area contributed by atoms with Crippen LogP contribution in [-0.4, -0.2) is 4.98 Å². The van der Waals surface area contributed by atoms with E-state index in [-0.39, 0.29) is 6.04 Å². The molecule has 3 nitrogen and oxygen atoms in total. The summed E-state index contributed by atoms with van der Waals surface area (Å²) in [5, 5.41) is 0.538. The van der Waals surface area contributed by atoms with Gasteiger partial charge in [-0.15, -0.1) is 0 Å². The van der Waals surface area contributed by atoms with Gasteiger partial charge in [0.2, 0.25) is 5.88 Å². The molecule has 1 heterocycles. The number of hydrogen-bond donors (Lipinski definition) is 1. The fourth-order valence-electron chi connectivity index (χ4n) is 1.39. The summed E-state index contributed by atoms with van der Waals surface area (Å²) in [4.78, 5) is 4.19. The third-order valence-electron chi connectivity index (χ3n) is 2.39. The Morgan fingerprint density at radius 2 is 2.11 bits per heavy atom. The molecule has 2 N–H and O–H groups in total. The van der Waals surface area contributed by atoms with Crippen LogP contribution in [0.25, 0.3) is 0 Å². The zero-order valence-electron chi connectivity index (χ0n) is 9.73. The first-order valence-electron chi connectivity index (χ1n) is 5.40. The largest absolute Gasteiger partial charge is 0.437 e. The number of nitrogens with zero attached hydrogens (tertiary/aromatic N) is 1. The first kappa shape index (κ1) is 13.3. The maximum absolute atomic E-state index is 6.03. The molecular weight excluding hydrogens is 316 g/mol. The Morgan fingerprint density at radius 3 is 2.72 bits per heavy atom. The number of benzene rings is 1. The smallest absolute Gasteiger partial charge is 0.219 e. The molecule has 0 unspecified atom stereocenters. The summed E-state index contributed by atoms with van der Waals surface area (Å²) in [5.41, 5.74) is 6.71. The van der Waals surface area contributed by atoms with Crippen molar-refractivity contribution < 1.29 is 4.74 Å². The number of nitrogens with two attached hydrogens (primary N) is 1. The first-order chi connectivity index (χ1) is 8.56. The van der Waals surface area contributed by atoms with Crippen LogP contribution in [0.3, 0.4) is 0 Å². The third kappa shape index (κ3) is 3.22. The highest BCUT2D eigenvalue weighted by Crippen LogP contribution is 2.31. The van der Waals surface area contributed by atoms with Gasteiger partial charge in [-0.1, -0.05) is 33.6 Å². The predicted octanol–water partition coefficient (Wildman–Crippen LogP) is 4.31. The second-order valence-electron chi connectivity index (χ2n) is 3.90. The molecule has 0 bridgehead atoms. The Balaban J connectivity index is 2.21. The van der Waals surface area contributed by atoms with Gasteiger partial charge in [-0.05, 0) is 30.7 Å². The molecule has 2 rings (SSSR count). The molecule has 0 aliphatic rings.